The van der Waals surface area contributed by atoms with Gasteiger partial charge in [-0.15, -0.1) is 0 Å². The Labute approximate surface area is 179 Å². The topological polar surface area (TPSA) is 97.0 Å². The summed E-state index contributed by atoms with van der Waals surface area (Å²) in [5, 5.41) is 5.66. The van der Waals surface area contributed by atoms with Crippen molar-refractivity contribution < 1.29 is 23.9 Å². The molecule has 9 heteroatoms. The normalized spacial score (nSPS) is 15.7. The number of rotatable bonds is 6. The van der Waals surface area contributed by atoms with E-state index >= 15 is 0 Å². The molecule has 2 aromatic carbocycles. The van der Waals surface area contributed by atoms with Gasteiger partial charge in [-0.3, -0.25) is 14.4 Å². The van der Waals surface area contributed by atoms with E-state index in [4.69, 9.17) is 21.1 Å². The van der Waals surface area contributed by atoms with Crippen molar-refractivity contribution in [3.63, 3.8) is 0 Å². The monoisotopic (exact) mass is 431 g/mol. The van der Waals surface area contributed by atoms with Gasteiger partial charge in [0.25, 0.3) is 0 Å². The molecule has 0 aromatic heterocycles. The summed E-state index contributed by atoms with van der Waals surface area (Å²) in [6.45, 7) is 1.60. The number of amides is 3. The number of carbonyl (C=O) groups is 3. The number of nitrogens with one attached hydrogen (secondary N) is 2. The second-order valence-corrected chi connectivity index (χ2v) is 7.22. The predicted molar refractivity (Wildman–Crippen MR) is 114 cm³/mol. The van der Waals surface area contributed by atoms with Gasteiger partial charge in [0.1, 0.15) is 11.5 Å². The number of methoxy groups -OCH3 is 2. The van der Waals surface area contributed by atoms with E-state index in [2.05, 4.69) is 10.6 Å². The molecule has 1 aliphatic rings. The third kappa shape index (κ3) is 4.65. The van der Waals surface area contributed by atoms with E-state index in [1.807, 2.05) is 0 Å². The van der Waals surface area contributed by atoms with E-state index in [0.717, 1.165) is 0 Å². The second-order valence-electron chi connectivity index (χ2n) is 6.81. The van der Waals surface area contributed by atoms with Crippen molar-refractivity contribution in [3.05, 3.63) is 41.4 Å². The number of carbonyl (C=O) groups excluding carboxylic acids is 3. The number of ether oxygens (including phenoxy) is 2. The lowest BCUT2D eigenvalue weighted by Crippen LogP contribution is -2.28. The molecule has 2 N–H and O–H groups in total. The van der Waals surface area contributed by atoms with Crippen LogP contribution < -0.4 is 25.0 Å². The summed E-state index contributed by atoms with van der Waals surface area (Å²) in [5.41, 5.74) is 1.48. The fourth-order valence-electron chi connectivity index (χ4n) is 3.26. The molecule has 1 unspecified atom stereocenters. The zero-order valence-electron chi connectivity index (χ0n) is 16.8. The van der Waals surface area contributed by atoms with Crippen LogP contribution in [0.25, 0.3) is 0 Å². The first-order valence-electron chi connectivity index (χ1n) is 9.22. The van der Waals surface area contributed by atoms with Crippen molar-refractivity contribution in [2.45, 2.75) is 13.3 Å². The van der Waals surface area contributed by atoms with Gasteiger partial charge in [0.05, 0.1) is 36.5 Å². The summed E-state index contributed by atoms with van der Waals surface area (Å²) >= 11 is 6.22. The van der Waals surface area contributed by atoms with Gasteiger partial charge in [-0.1, -0.05) is 11.6 Å². The van der Waals surface area contributed by atoms with Gasteiger partial charge >= 0.3 is 0 Å². The van der Waals surface area contributed by atoms with Gasteiger partial charge in [0.2, 0.25) is 17.7 Å². The maximum Gasteiger partial charge on any atom is 0.229 e. The number of benzene rings is 2. The Morgan fingerprint density at radius 1 is 1.10 bits per heavy atom. The average molecular weight is 432 g/mol. The molecule has 0 saturated carbocycles. The molecule has 1 saturated heterocycles. The highest BCUT2D eigenvalue weighted by atomic mass is 35.5. The quantitative estimate of drug-likeness (QED) is 0.731. The van der Waals surface area contributed by atoms with Gasteiger partial charge in [0, 0.05) is 31.6 Å². The van der Waals surface area contributed by atoms with Crippen LogP contribution in [0.3, 0.4) is 0 Å². The van der Waals surface area contributed by atoms with Crippen LogP contribution in [-0.2, 0) is 14.4 Å². The Hall–Kier alpha value is -3.26. The first-order chi connectivity index (χ1) is 14.3. The van der Waals surface area contributed by atoms with Crippen molar-refractivity contribution >= 4 is 46.4 Å². The molecule has 158 valence electrons. The molecule has 1 heterocycles. The van der Waals surface area contributed by atoms with E-state index in [0.29, 0.717) is 28.6 Å². The average Bonchev–Trinajstić information content (AvgIpc) is 3.10. The number of halogens is 1. The zero-order valence-corrected chi connectivity index (χ0v) is 17.6. The lowest BCUT2D eigenvalue weighted by Gasteiger charge is -2.20. The molecule has 0 spiro atoms. The third-order valence-electron chi connectivity index (χ3n) is 4.72. The van der Waals surface area contributed by atoms with Crippen molar-refractivity contribution in [1.29, 1.82) is 0 Å². The Bertz CT molecular complexity index is 995. The smallest absolute Gasteiger partial charge is 0.229 e. The van der Waals surface area contributed by atoms with E-state index < -0.39 is 5.92 Å². The molecular formula is C21H22ClN3O5. The Kier molecular flexibility index (Phi) is 6.47. The standard InChI is InChI=1S/C21H22ClN3O5/c1-12(26)23-14-4-6-17(16(22)9-14)24-21(28)13-8-20(27)25(11-13)18-10-15(29-2)5-7-19(18)30-3/h4-7,9-10,13H,8,11H2,1-3H3,(H,23,26)(H,24,28). The van der Waals surface area contributed by atoms with Gasteiger partial charge < -0.3 is 25.0 Å². The van der Waals surface area contributed by atoms with Crippen LogP contribution in [0, 0.1) is 5.92 Å². The SMILES string of the molecule is COc1ccc(OC)c(N2CC(C(=O)Nc3ccc(NC(C)=O)cc3Cl)CC2=O)c1. The van der Waals surface area contributed by atoms with Gasteiger partial charge in [-0.25, -0.2) is 0 Å². The Balaban J connectivity index is 1.74. The van der Waals surface area contributed by atoms with Gasteiger partial charge in [-0.2, -0.15) is 0 Å². The molecule has 0 bridgehead atoms. The van der Waals surface area contributed by atoms with E-state index in [1.165, 1.54) is 26.0 Å². The lowest BCUT2D eigenvalue weighted by atomic mass is 10.1. The fraction of sp³-hybridized carbons (Fsp3) is 0.286. The number of anilines is 3. The van der Waals surface area contributed by atoms with Crippen LogP contribution >= 0.6 is 11.6 Å². The summed E-state index contributed by atoms with van der Waals surface area (Å²) in [6, 6.07) is 9.94. The number of hydrogen-bond donors (Lipinski definition) is 2. The van der Waals surface area contributed by atoms with Crippen molar-refractivity contribution in [1.82, 2.24) is 0 Å². The maximum absolute atomic E-state index is 12.8. The molecule has 0 radical (unpaired) electrons. The highest BCUT2D eigenvalue weighted by Gasteiger charge is 2.36. The fourth-order valence-corrected chi connectivity index (χ4v) is 3.48. The molecule has 3 rings (SSSR count). The van der Waals surface area contributed by atoms with Crippen molar-refractivity contribution in [2.75, 3.05) is 36.3 Å². The summed E-state index contributed by atoms with van der Waals surface area (Å²) in [4.78, 5) is 38.0. The second kappa shape index (κ2) is 9.04. The highest BCUT2D eigenvalue weighted by molar-refractivity contribution is 6.34. The summed E-state index contributed by atoms with van der Waals surface area (Å²) in [6.07, 6.45) is 0.0633. The molecule has 1 fully saturated rings. The summed E-state index contributed by atoms with van der Waals surface area (Å²) in [5.74, 6) is -0.185. The van der Waals surface area contributed by atoms with Crippen LogP contribution in [0.1, 0.15) is 13.3 Å². The van der Waals surface area contributed by atoms with Crippen LogP contribution in [-0.4, -0.2) is 38.5 Å². The number of nitrogens with zero attached hydrogens (tertiary/aromatic N) is 1. The third-order valence-corrected chi connectivity index (χ3v) is 5.03. The molecule has 2 aromatic rings. The van der Waals surface area contributed by atoms with Crippen LogP contribution in [0.5, 0.6) is 11.5 Å². The predicted octanol–water partition coefficient (Wildman–Crippen LogP) is 3.31. The molecule has 1 aliphatic heterocycles. The summed E-state index contributed by atoms with van der Waals surface area (Å²) in [7, 11) is 3.05. The molecule has 30 heavy (non-hydrogen) atoms. The lowest BCUT2D eigenvalue weighted by molar-refractivity contribution is -0.122. The van der Waals surface area contributed by atoms with E-state index in [1.54, 1.807) is 36.4 Å². The van der Waals surface area contributed by atoms with E-state index in [-0.39, 0.29) is 35.7 Å². The molecule has 1 atom stereocenters. The molecule has 3 amide bonds. The number of hydrogen-bond acceptors (Lipinski definition) is 5. The van der Waals surface area contributed by atoms with E-state index in [9.17, 15) is 14.4 Å². The minimum atomic E-state index is -0.556. The zero-order chi connectivity index (χ0) is 21.8. The van der Waals surface area contributed by atoms with Crippen LogP contribution in [0.2, 0.25) is 5.02 Å². The largest absolute Gasteiger partial charge is 0.497 e. The first kappa shape index (κ1) is 21.4. The summed E-state index contributed by atoms with van der Waals surface area (Å²) < 4.78 is 10.6. The minimum absolute atomic E-state index is 0.0633. The van der Waals surface area contributed by atoms with Crippen LogP contribution in [0.15, 0.2) is 36.4 Å². The van der Waals surface area contributed by atoms with Gasteiger partial charge in [0.15, 0.2) is 0 Å². The molecule has 0 aliphatic carbocycles. The van der Waals surface area contributed by atoms with Gasteiger partial charge in [-0.05, 0) is 30.3 Å². The Morgan fingerprint density at radius 2 is 1.87 bits per heavy atom. The first-order valence-corrected chi connectivity index (χ1v) is 9.60. The van der Waals surface area contributed by atoms with Crippen molar-refractivity contribution in [3.8, 4) is 11.5 Å². The Morgan fingerprint density at radius 3 is 2.50 bits per heavy atom. The molecular weight excluding hydrogens is 410 g/mol. The molecule has 8 nitrogen and oxygen atoms in total. The minimum Gasteiger partial charge on any atom is -0.497 e. The highest BCUT2D eigenvalue weighted by Crippen LogP contribution is 2.36. The van der Waals surface area contributed by atoms with Crippen molar-refractivity contribution in [2.24, 2.45) is 5.92 Å². The maximum atomic E-state index is 12.8. The van der Waals surface area contributed by atoms with Crippen LogP contribution in [0.4, 0.5) is 17.1 Å².